The van der Waals surface area contributed by atoms with Crippen molar-refractivity contribution in [3.63, 3.8) is 0 Å². The smallest absolute Gasteiger partial charge is 0.409 e. The normalized spacial score (nSPS) is 14.9. The molecule has 8 nitrogen and oxygen atoms in total. The number of alkyl carbamates (subject to hydrolysis) is 1. The second-order valence-corrected chi connectivity index (χ2v) is 6.43. The number of aryl methyl sites for hydroxylation is 1. The maximum atomic E-state index is 12.2. The van der Waals surface area contributed by atoms with E-state index in [9.17, 15) is 4.79 Å². The van der Waals surface area contributed by atoms with E-state index in [2.05, 4.69) is 15.5 Å². The van der Waals surface area contributed by atoms with Gasteiger partial charge >= 0.3 is 6.09 Å². The molecule has 0 spiro atoms. The van der Waals surface area contributed by atoms with Crippen molar-refractivity contribution in [3.8, 4) is 11.4 Å². The molecule has 1 atom stereocenters. The highest BCUT2D eigenvalue weighted by molar-refractivity contribution is 6.15. The lowest BCUT2D eigenvalue weighted by atomic mass is 10.0. The van der Waals surface area contributed by atoms with Crippen molar-refractivity contribution in [3.05, 3.63) is 71.3 Å². The molecule has 0 bridgehead atoms. The molecule has 3 aromatic rings. The van der Waals surface area contributed by atoms with Crippen LogP contribution in [0.2, 0.25) is 0 Å². The van der Waals surface area contributed by atoms with Crippen LogP contribution in [0.15, 0.2) is 53.5 Å². The lowest BCUT2D eigenvalue weighted by Gasteiger charge is -2.14. The number of carbonyl (C=O) groups is 1. The van der Waals surface area contributed by atoms with Gasteiger partial charge in [0.2, 0.25) is 0 Å². The van der Waals surface area contributed by atoms with E-state index in [0.717, 1.165) is 28.3 Å². The van der Waals surface area contributed by atoms with Crippen LogP contribution in [0.3, 0.4) is 0 Å². The molecule has 0 radical (unpaired) electrons. The van der Waals surface area contributed by atoms with Gasteiger partial charge in [-0.05, 0) is 44.2 Å². The van der Waals surface area contributed by atoms with E-state index in [1.807, 2.05) is 60.0 Å². The van der Waals surface area contributed by atoms with Crippen LogP contribution < -0.4 is 10.1 Å². The molecule has 0 saturated heterocycles. The van der Waals surface area contributed by atoms with Gasteiger partial charge in [0.25, 0.3) is 0 Å². The SMILES string of the molecule is CCOC(=O)NC1N=C(c2ccc(OC)cc2)c2ccccc2-n2c(C)nnc21. The van der Waals surface area contributed by atoms with E-state index in [4.69, 9.17) is 14.5 Å². The van der Waals surface area contributed by atoms with Crippen LogP contribution in [0.1, 0.15) is 35.9 Å². The number of para-hydroxylation sites is 1. The Morgan fingerprint density at radius 2 is 1.90 bits per heavy atom. The van der Waals surface area contributed by atoms with Crippen molar-refractivity contribution in [2.24, 2.45) is 4.99 Å². The second kappa shape index (κ2) is 7.75. The molecule has 0 fully saturated rings. The van der Waals surface area contributed by atoms with Gasteiger partial charge in [-0.1, -0.05) is 18.2 Å². The number of benzene rings is 2. The molecule has 1 N–H and O–H groups in total. The minimum Gasteiger partial charge on any atom is -0.497 e. The highest BCUT2D eigenvalue weighted by Crippen LogP contribution is 2.30. The zero-order valence-electron chi connectivity index (χ0n) is 16.4. The Hall–Kier alpha value is -3.68. The summed E-state index contributed by atoms with van der Waals surface area (Å²) < 4.78 is 12.2. The number of methoxy groups -OCH3 is 1. The molecule has 0 aliphatic carbocycles. The molecule has 148 valence electrons. The highest BCUT2D eigenvalue weighted by atomic mass is 16.5. The average Bonchev–Trinajstić information content (AvgIpc) is 3.06. The van der Waals surface area contributed by atoms with Gasteiger partial charge in [-0.2, -0.15) is 0 Å². The van der Waals surface area contributed by atoms with Crippen LogP contribution in [0.5, 0.6) is 5.75 Å². The summed E-state index contributed by atoms with van der Waals surface area (Å²) in [7, 11) is 1.63. The standard InChI is InChI=1S/C21H21N5O3/c1-4-29-21(27)23-19-20-25-24-13(2)26(20)17-8-6-5-7-16(17)18(22-19)14-9-11-15(28-3)12-10-14/h5-12,19H,4H2,1-3H3,(H,23,27). The van der Waals surface area contributed by atoms with E-state index in [1.165, 1.54) is 0 Å². The Bertz CT molecular complexity index is 1070. The Balaban J connectivity index is 1.90. The molecule has 1 unspecified atom stereocenters. The van der Waals surface area contributed by atoms with Crippen LogP contribution in [0.4, 0.5) is 4.79 Å². The fourth-order valence-electron chi connectivity index (χ4n) is 3.34. The third kappa shape index (κ3) is 3.44. The summed E-state index contributed by atoms with van der Waals surface area (Å²) in [5.41, 5.74) is 3.43. The van der Waals surface area contributed by atoms with Gasteiger partial charge in [-0.25, -0.2) is 4.79 Å². The molecule has 29 heavy (non-hydrogen) atoms. The van der Waals surface area contributed by atoms with Crippen LogP contribution in [0.25, 0.3) is 5.69 Å². The van der Waals surface area contributed by atoms with Crippen LogP contribution in [0, 0.1) is 6.92 Å². The number of nitrogens with one attached hydrogen (secondary N) is 1. The van der Waals surface area contributed by atoms with Gasteiger partial charge in [0, 0.05) is 11.1 Å². The maximum Gasteiger partial charge on any atom is 0.409 e. The number of hydrogen-bond acceptors (Lipinski definition) is 6. The molecule has 1 aliphatic rings. The van der Waals surface area contributed by atoms with E-state index >= 15 is 0 Å². The summed E-state index contributed by atoms with van der Waals surface area (Å²) in [6.07, 6.45) is -1.31. The zero-order chi connectivity index (χ0) is 20.4. The predicted octanol–water partition coefficient (Wildman–Crippen LogP) is 3.18. The minimum absolute atomic E-state index is 0.263. The summed E-state index contributed by atoms with van der Waals surface area (Å²) in [6, 6.07) is 15.5. The maximum absolute atomic E-state index is 12.2. The molecular weight excluding hydrogens is 370 g/mol. The van der Waals surface area contributed by atoms with Crippen molar-refractivity contribution < 1.29 is 14.3 Å². The number of aliphatic imine (C=N–C) groups is 1. The first-order valence-electron chi connectivity index (χ1n) is 9.29. The minimum atomic E-state index is -0.750. The first-order valence-corrected chi connectivity index (χ1v) is 9.29. The van der Waals surface area contributed by atoms with E-state index < -0.39 is 12.3 Å². The van der Waals surface area contributed by atoms with Crippen LogP contribution in [-0.4, -0.2) is 40.3 Å². The Kier molecular flexibility index (Phi) is 4.99. The fraction of sp³-hybridized carbons (Fsp3) is 0.238. The van der Waals surface area contributed by atoms with Crippen LogP contribution >= 0.6 is 0 Å². The van der Waals surface area contributed by atoms with Gasteiger partial charge < -0.3 is 9.47 Å². The monoisotopic (exact) mass is 391 g/mol. The van der Waals surface area contributed by atoms with E-state index in [0.29, 0.717) is 11.6 Å². The Morgan fingerprint density at radius 3 is 2.62 bits per heavy atom. The number of aromatic nitrogens is 3. The van der Waals surface area contributed by atoms with E-state index in [1.54, 1.807) is 14.0 Å². The van der Waals surface area contributed by atoms with Gasteiger partial charge in [-0.15, -0.1) is 10.2 Å². The summed E-state index contributed by atoms with van der Waals surface area (Å²) in [4.78, 5) is 17.0. The van der Waals surface area contributed by atoms with Crippen molar-refractivity contribution in [2.75, 3.05) is 13.7 Å². The lowest BCUT2D eigenvalue weighted by molar-refractivity contribution is 0.148. The molecule has 2 heterocycles. The molecular formula is C21H21N5O3. The van der Waals surface area contributed by atoms with Gasteiger partial charge in [-0.3, -0.25) is 14.9 Å². The summed E-state index contributed by atoms with van der Waals surface area (Å²) >= 11 is 0. The Morgan fingerprint density at radius 1 is 1.14 bits per heavy atom. The number of amides is 1. The number of fused-ring (bicyclic) bond motifs is 3. The van der Waals surface area contributed by atoms with E-state index in [-0.39, 0.29) is 6.61 Å². The highest BCUT2D eigenvalue weighted by Gasteiger charge is 2.29. The third-order valence-corrected chi connectivity index (χ3v) is 4.65. The first-order chi connectivity index (χ1) is 14.1. The molecule has 0 saturated carbocycles. The number of ether oxygens (including phenoxy) is 2. The number of nitrogens with zero attached hydrogens (tertiary/aromatic N) is 4. The summed E-state index contributed by atoms with van der Waals surface area (Å²) in [5.74, 6) is 1.98. The van der Waals surface area contributed by atoms with Crippen molar-refractivity contribution in [1.29, 1.82) is 0 Å². The quantitative estimate of drug-likeness (QED) is 0.738. The molecule has 2 aromatic carbocycles. The molecule has 1 amide bonds. The summed E-state index contributed by atoms with van der Waals surface area (Å²) in [5, 5.41) is 11.3. The average molecular weight is 391 g/mol. The number of carbonyl (C=O) groups excluding carboxylic acids is 1. The molecule has 1 aromatic heterocycles. The molecule has 1 aliphatic heterocycles. The van der Waals surface area contributed by atoms with Crippen LogP contribution in [-0.2, 0) is 4.74 Å². The summed E-state index contributed by atoms with van der Waals surface area (Å²) in [6.45, 7) is 3.88. The predicted molar refractivity (Wildman–Crippen MR) is 108 cm³/mol. The fourth-order valence-corrected chi connectivity index (χ4v) is 3.34. The third-order valence-electron chi connectivity index (χ3n) is 4.65. The van der Waals surface area contributed by atoms with Crippen molar-refractivity contribution in [2.45, 2.75) is 20.0 Å². The van der Waals surface area contributed by atoms with Crippen molar-refractivity contribution >= 4 is 11.8 Å². The van der Waals surface area contributed by atoms with Crippen molar-refractivity contribution in [1.82, 2.24) is 20.1 Å². The Labute approximate surface area is 168 Å². The number of rotatable bonds is 4. The topological polar surface area (TPSA) is 90.6 Å². The lowest BCUT2D eigenvalue weighted by Crippen LogP contribution is -2.30. The van der Waals surface area contributed by atoms with Gasteiger partial charge in [0.05, 0.1) is 25.1 Å². The molecule has 4 rings (SSSR count). The van der Waals surface area contributed by atoms with Gasteiger partial charge in [0.1, 0.15) is 11.6 Å². The molecule has 8 heteroatoms. The largest absolute Gasteiger partial charge is 0.497 e. The number of hydrogen-bond donors (Lipinski definition) is 1. The van der Waals surface area contributed by atoms with Gasteiger partial charge in [0.15, 0.2) is 12.0 Å². The second-order valence-electron chi connectivity index (χ2n) is 6.43. The zero-order valence-corrected chi connectivity index (χ0v) is 16.4. The first kappa shape index (κ1) is 18.7.